The number of para-hydroxylation sites is 1. The molecule has 0 aliphatic heterocycles. The Balaban J connectivity index is 2.08. The number of benzene rings is 2. The molecule has 0 saturated heterocycles. The molecule has 3 nitrogen and oxygen atoms in total. The monoisotopic (exact) mass is 277 g/mol. The van der Waals surface area contributed by atoms with Crippen molar-refractivity contribution in [3.05, 3.63) is 66.1 Å². The van der Waals surface area contributed by atoms with Gasteiger partial charge in [-0.3, -0.25) is 0 Å². The molecule has 0 aliphatic carbocycles. The van der Waals surface area contributed by atoms with E-state index in [0.717, 1.165) is 33.3 Å². The third kappa shape index (κ3) is 1.88. The summed E-state index contributed by atoms with van der Waals surface area (Å²) in [6, 6.07) is 16.4. The molecule has 0 amide bonds. The molecule has 2 heterocycles. The average Bonchev–Trinajstić information content (AvgIpc) is 2.83. The number of pyridine rings is 1. The van der Waals surface area contributed by atoms with Gasteiger partial charge in [0.1, 0.15) is 5.82 Å². The Labute approximate surface area is 120 Å². The van der Waals surface area contributed by atoms with Crippen LogP contribution in [0.2, 0.25) is 0 Å². The number of hydrogen-bond donors (Lipinski definition) is 0. The van der Waals surface area contributed by atoms with E-state index in [0.29, 0.717) is 0 Å². The van der Waals surface area contributed by atoms with E-state index in [-0.39, 0.29) is 5.82 Å². The highest BCUT2D eigenvalue weighted by Gasteiger charge is 2.11. The van der Waals surface area contributed by atoms with Crippen LogP contribution in [0.15, 0.2) is 54.6 Å². The zero-order valence-electron chi connectivity index (χ0n) is 11.4. The molecule has 4 heteroatoms. The van der Waals surface area contributed by atoms with E-state index in [2.05, 4.69) is 10.1 Å². The lowest BCUT2D eigenvalue weighted by atomic mass is 10.1. The van der Waals surface area contributed by atoms with Gasteiger partial charge in [0.05, 0.1) is 16.9 Å². The molecule has 0 bridgehead atoms. The molecule has 0 aliphatic rings. The van der Waals surface area contributed by atoms with Crippen LogP contribution in [0.25, 0.3) is 27.6 Å². The Morgan fingerprint density at radius 2 is 1.81 bits per heavy atom. The fraction of sp³-hybridized carbons (Fsp3) is 0.0588. The number of halogens is 1. The molecule has 0 fully saturated rings. The lowest BCUT2D eigenvalue weighted by Gasteiger charge is -2.03. The maximum atomic E-state index is 13.4. The Morgan fingerprint density at radius 1 is 1.00 bits per heavy atom. The van der Waals surface area contributed by atoms with Crippen LogP contribution in [0, 0.1) is 12.7 Å². The predicted molar refractivity (Wildman–Crippen MR) is 81.1 cm³/mol. The van der Waals surface area contributed by atoms with Crippen molar-refractivity contribution in [2.24, 2.45) is 0 Å². The Morgan fingerprint density at radius 3 is 2.62 bits per heavy atom. The van der Waals surface area contributed by atoms with Crippen LogP contribution in [-0.2, 0) is 0 Å². The van der Waals surface area contributed by atoms with Crippen molar-refractivity contribution in [1.29, 1.82) is 0 Å². The summed E-state index contributed by atoms with van der Waals surface area (Å²) < 4.78 is 15.2. The number of rotatable bonds is 1. The molecule has 0 atom stereocenters. The fourth-order valence-electron chi connectivity index (χ4n) is 2.57. The topological polar surface area (TPSA) is 30.7 Å². The molecule has 0 saturated carbocycles. The van der Waals surface area contributed by atoms with E-state index in [4.69, 9.17) is 0 Å². The number of fused-ring (bicyclic) bond motifs is 2. The van der Waals surface area contributed by atoms with Crippen molar-refractivity contribution in [2.75, 3.05) is 0 Å². The summed E-state index contributed by atoms with van der Waals surface area (Å²) >= 11 is 0. The first-order valence-electron chi connectivity index (χ1n) is 6.73. The summed E-state index contributed by atoms with van der Waals surface area (Å²) in [5, 5.41) is 6.30. The molecule has 4 aromatic rings. The van der Waals surface area contributed by atoms with Gasteiger partial charge in [-0.15, -0.1) is 0 Å². The second-order valence-corrected chi connectivity index (χ2v) is 5.03. The largest absolute Gasteiger partial charge is 0.228 e. The minimum atomic E-state index is -0.253. The first kappa shape index (κ1) is 12.0. The third-order valence-corrected chi connectivity index (χ3v) is 3.60. The third-order valence-electron chi connectivity index (χ3n) is 3.60. The van der Waals surface area contributed by atoms with Gasteiger partial charge in [0.25, 0.3) is 0 Å². The molecular weight excluding hydrogens is 265 g/mol. The van der Waals surface area contributed by atoms with Gasteiger partial charge in [0.15, 0.2) is 5.65 Å². The van der Waals surface area contributed by atoms with Gasteiger partial charge in [-0.1, -0.05) is 18.2 Å². The molecule has 0 unspecified atom stereocenters. The van der Waals surface area contributed by atoms with Crippen LogP contribution in [0.4, 0.5) is 4.39 Å². The summed E-state index contributed by atoms with van der Waals surface area (Å²) in [4.78, 5) is 4.65. The lowest BCUT2D eigenvalue weighted by molar-refractivity contribution is 0.629. The second kappa shape index (κ2) is 4.38. The van der Waals surface area contributed by atoms with E-state index in [1.807, 2.05) is 48.0 Å². The smallest absolute Gasteiger partial charge is 0.163 e. The summed E-state index contributed by atoms with van der Waals surface area (Å²) in [6.45, 7) is 1.94. The first-order valence-corrected chi connectivity index (χ1v) is 6.73. The van der Waals surface area contributed by atoms with Crippen LogP contribution in [0.1, 0.15) is 5.69 Å². The highest BCUT2D eigenvalue weighted by atomic mass is 19.1. The van der Waals surface area contributed by atoms with Gasteiger partial charge >= 0.3 is 0 Å². The summed E-state index contributed by atoms with van der Waals surface area (Å²) in [5.41, 5.74) is 3.40. The number of aryl methyl sites for hydroxylation is 1. The SMILES string of the molecule is Cc1nn(-c2ccccc2)c2nc3ccc(F)cc3cc12. The maximum Gasteiger partial charge on any atom is 0.163 e. The minimum Gasteiger partial charge on any atom is -0.228 e. The van der Waals surface area contributed by atoms with Gasteiger partial charge in [-0.05, 0) is 43.3 Å². The highest BCUT2D eigenvalue weighted by Crippen LogP contribution is 2.24. The van der Waals surface area contributed by atoms with Crippen molar-refractivity contribution >= 4 is 21.9 Å². The van der Waals surface area contributed by atoms with E-state index in [9.17, 15) is 4.39 Å². The highest BCUT2D eigenvalue weighted by molar-refractivity contribution is 5.93. The van der Waals surface area contributed by atoms with Crippen molar-refractivity contribution in [3.63, 3.8) is 0 Å². The maximum absolute atomic E-state index is 13.4. The van der Waals surface area contributed by atoms with Crippen molar-refractivity contribution in [3.8, 4) is 5.69 Å². The van der Waals surface area contributed by atoms with Gasteiger partial charge in [-0.2, -0.15) is 5.10 Å². The van der Waals surface area contributed by atoms with Gasteiger partial charge in [0, 0.05) is 10.8 Å². The molecule has 0 N–H and O–H groups in total. The lowest BCUT2D eigenvalue weighted by Crippen LogP contribution is -1.97. The van der Waals surface area contributed by atoms with Crippen molar-refractivity contribution in [2.45, 2.75) is 6.92 Å². The standard InChI is InChI=1S/C17H12FN3/c1-11-15-10-12-9-13(18)7-8-16(12)19-17(15)21(20-11)14-5-3-2-4-6-14/h2-10H,1H3. The molecule has 2 aromatic carbocycles. The second-order valence-electron chi connectivity index (χ2n) is 5.03. The van der Waals surface area contributed by atoms with Crippen molar-refractivity contribution in [1.82, 2.24) is 14.8 Å². The number of hydrogen-bond acceptors (Lipinski definition) is 2. The molecule has 0 spiro atoms. The summed E-state index contributed by atoms with van der Waals surface area (Å²) in [7, 11) is 0. The van der Waals surface area contributed by atoms with Crippen LogP contribution in [0.3, 0.4) is 0 Å². The van der Waals surface area contributed by atoms with Crippen LogP contribution >= 0.6 is 0 Å². The minimum absolute atomic E-state index is 0.253. The van der Waals surface area contributed by atoms with Gasteiger partial charge in [-0.25, -0.2) is 14.1 Å². The first-order chi connectivity index (χ1) is 10.2. The fourth-order valence-corrected chi connectivity index (χ4v) is 2.57. The molecule has 21 heavy (non-hydrogen) atoms. The Bertz CT molecular complexity index is 958. The van der Waals surface area contributed by atoms with Crippen LogP contribution < -0.4 is 0 Å². The van der Waals surface area contributed by atoms with E-state index >= 15 is 0 Å². The molecule has 102 valence electrons. The number of aromatic nitrogens is 3. The Hall–Kier alpha value is -2.75. The van der Waals surface area contributed by atoms with Crippen LogP contribution in [-0.4, -0.2) is 14.8 Å². The summed E-state index contributed by atoms with van der Waals surface area (Å²) in [6.07, 6.45) is 0. The summed E-state index contributed by atoms with van der Waals surface area (Å²) in [5.74, 6) is -0.253. The normalized spacial score (nSPS) is 11.3. The van der Waals surface area contributed by atoms with E-state index < -0.39 is 0 Å². The Kier molecular flexibility index (Phi) is 2.51. The van der Waals surface area contributed by atoms with Gasteiger partial charge in [0.2, 0.25) is 0 Å². The number of nitrogens with zero attached hydrogens (tertiary/aromatic N) is 3. The molecular formula is C17H12FN3. The predicted octanol–water partition coefficient (Wildman–Crippen LogP) is 4.02. The zero-order valence-corrected chi connectivity index (χ0v) is 11.4. The van der Waals surface area contributed by atoms with Crippen molar-refractivity contribution < 1.29 is 4.39 Å². The van der Waals surface area contributed by atoms with E-state index in [1.165, 1.54) is 12.1 Å². The van der Waals surface area contributed by atoms with Gasteiger partial charge < -0.3 is 0 Å². The van der Waals surface area contributed by atoms with Crippen LogP contribution in [0.5, 0.6) is 0 Å². The average molecular weight is 277 g/mol. The zero-order chi connectivity index (χ0) is 14.4. The molecule has 2 aromatic heterocycles. The quantitative estimate of drug-likeness (QED) is 0.526. The van der Waals surface area contributed by atoms with E-state index in [1.54, 1.807) is 6.07 Å². The molecule has 0 radical (unpaired) electrons. The molecule has 4 rings (SSSR count).